The Kier molecular flexibility index (Phi) is 11.3. The van der Waals surface area contributed by atoms with Crippen LogP contribution in [0.5, 0.6) is 0 Å². The predicted octanol–water partition coefficient (Wildman–Crippen LogP) is 4.61. The van der Waals surface area contributed by atoms with Crippen LogP contribution in [-0.2, 0) is 4.79 Å². The van der Waals surface area contributed by atoms with E-state index in [1.54, 1.807) is 42.1 Å². The van der Waals surface area contributed by atoms with E-state index in [0.717, 1.165) is 4.90 Å². The fraction of sp³-hybridized carbons (Fsp3) is 0.200. The highest BCUT2D eigenvalue weighted by Gasteiger charge is 2.12. The quantitative estimate of drug-likeness (QED) is 0.345. The van der Waals surface area contributed by atoms with E-state index in [4.69, 9.17) is 10.5 Å². The maximum Gasteiger partial charge on any atom is 0.377 e. The molecule has 0 fully saturated rings. The van der Waals surface area contributed by atoms with Crippen molar-refractivity contribution in [3.8, 4) is 0 Å². The minimum Gasteiger partial charge on any atom is -0.475 e. The van der Waals surface area contributed by atoms with Gasteiger partial charge in [-0.1, -0.05) is 44.2 Å². The third-order valence-electron chi connectivity index (χ3n) is 2.92. The lowest BCUT2D eigenvalue weighted by molar-refractivity contribution is -0.131. The molecule has 26 heavy (non-hydrogen) atoms. The molecule has 0 aliphatic rings. The fourth-order valence-electron chi connectivity index (χ4n) is 1.67. The minimum atomic E-state index is -1.42. The molecule has 0 aliphatic carbocycles. The van der Waals surface area contributed by atoms with Gasteiger partial charge < -0.3 is 10.5 Å². The largest absolute Gasteiger partial charge is 0.475 e. The topological polar surface area (TPSA) is 95.3 Å². The van der Waals surface area contributed by atoms with Crippen molar-refractivity contribution < 1.29 is 19.5 Å². The third-order valence-corrected chi connectivity index (χ3v) is 3.67. The maximum atomic E-state index is 11.3. The van der Waals surface area contributed by atoms with Gasteiger partial charge in [0, 0.05) is 16.0 Å². The second-order valence-corrected chi connectivity index (χ2v) is 5.56. The highest BCUT2D eigenvalue weighted by molar-refractivity contribution is 7.98. The second-order valence-electron chi connectivity index (χ2n) is 4.68. The Morgan fingerprint density at radius 1 is 0.846 bits per heavy atom. The summed E-state index contributed by atoms with van der Waals surface area (Å²) in [6.45, 7) is 5.50. The van der Waals surface area contributed by atoms with Crippen molar-refractivity contribution in [3.05, 3.63) is 65.7 Å². The average molecular weight is 373 g/mol. The van der Waals surface area contributed by atoms with E-state index in [0.29, 0.717) is 5.56 Å². The number of carbonyl (C=O) groups excluding carboxylic acids is 2. The van der Waals surface area contributed by atoms with E-state index in [-0.39, 0.29) is 17.1 Å². The van der Waals surface area contributed by atoms with E-state index in [9.17, 15) is 14.4 Å². The van der Waals surface area contributed by atoms with Gasteiger partial charge in [0.2, 0.25) is 5.78 Å². The Labute approximate surface area is 158 Å². The van der Waals surface area contributed by atoms with Gasteiger partial charge in [0.25, 0.3) is 5.78 Å². The molecule has 5 nitrogen and oxygen atoms in total. The molecular weight excluding hydrogens is 350 g/mol. The fourth-order valence-corrected chi connectivity index (χ4v) is 2.08. The summed E-state index contributed by atoms with van der Waals surface area (Å²) in [5.41, 5.74) is 0.877. The first-order valence-electron chi connectivity index (χ1n) is 7.93. The molecule has 0 atom stereocenters. The standard InChI is InChI=1S/C10H11NOS.C8H6O3.C2H6/c1-7(11)10(12)8-3-5-9(13-2)6-4-8;9-7(8(10)11)6-4-2-1-3-5-6;1-2/h3-6,11H,1-2H3;1-5H,(H,10,11);1-2H3. The van der Waals surface area contributed by atoms with Crippen molar-refractivity contribution in [1.29, 1.82) is 5.41 Å². The van der Waals surface area contributed by atoms with E-state index in [1.807, 2.05) is 32.2 Å². The number of benzene rings is 2. The van der Waals surface area contributed by atoms with E-state index >= 15 is 0 Å². The van der Waals surface area contributed by atoms with Crippen LogP contribution < -0.4 is 0 Å². The van der Waals surface area contributed by atoms with Crippen LogP contribution in [0, 0.1) is 5.41 Å². The lowest BCUT2D eigenvalue weighted by Gasteiger charge is -1.99. The van der Waals surface area contributed by atoms with Gasteiger partial charge >= 0.3 is 5.97 Å². The summed E-state index contributed by atoms with van der Waals surface area (Å²) in [6.07, 6.45) is 1.98. The summed E-state index contributed by atoms with van der Waals surface area (Å²) in [5.74, 6) is -2.49. The number of carboxylic acid groups (broad SMARTS) is 1. The van der Waals surface area contributed by atoms with Gasteiger partial charge in [-0.25, -0.2) is 4.79 Å². The zero-order chi connectivity index (χ0) is 20.1. The zero-order valence-electron chi connectivity index (χ0n) is 15.3. The lowest BCUT2D eigenvalue weighted by Crippen LogP contribution is -2.12. The summed E-state index contributed by atoms with van der Waals surface area (Å²) in [7, 11) is 0. The number of carboxylic acids is 1. The molecule has 138 valence electrons. The Bertz CT molecular complexity index is 740. The third kappa shape index (κ3) is 7.90. The Morgan fingerprint density at radius 3 is 1.69 bits per heavy atom. The van der Waals surface area contributed by atoms with Gasteiger partial charge in [-0.2, -0.15) is 0 Å². The number of carbonyl (C=O) groups is 3. The van der Waals surface area contributed by atoms with Gasteiger partial charge in [-0.05, 0) is 37.4 Å². The molecule has 0 saturated carbocycles. The summed E-state index contributed by atoms with van der Waals surface area (Å²) in [6, 6.07) is 15.2. The first-order chi connectivity index (χ1) is 12.4. The van der Waals surface area contributed by atoms with Gasteiger partial charge in [0.1, 0.15) is 0 Å². The average Bonchev–Trinajstić information content (AvgIpc) is 2.69. The van der Waals surface area contributed by atoms with Crippen LogP contribution in [0.15, 0.2) is 59.5 Å². The summed E-state index contributed by atoms with van der Waals surface area (Å²) in [4.78, 5) is 33.3. The van der Waals surface area contributed by atoms with Crippen molar-refractivity contribution in [2.24, 2.45) is 0 Å². The smallest absolute Gasteiger partial charge is 0.377 e. The van der Waals surface area contributed by atoms with Crippen LogP contribution in [-0.4, -0.2) is 34.6 Å². The van der Waals surface area contributed by atoms with Gasteiger partial charge in [0.15, 0.2) is 0 Å². The number of hydrogen-bond acceptors (Lipinski definition) is 5. The molecular formula is C20H23NO4S. The highest BCUT2D eigenvalue weighted by Crippen LogP contribution is 2.15. The monoisotopic (exact) mass is 373 g/mol. The number of Topliss-reactive ketones (excluding diaryl/α,β-unsaturated/α-hetero) is 2. The van der Waals surface area contributed by atoms with Crippen LogP contribution in [0.25, 0.3) is 0 Å². The van der Waals surface area contributed by atoms with Crippen LogP contribution in [0.1, 0.15) is 41.5 Å². The predicted molar refractivity (Wildman–Crippen MR) is 106 cm³/mol. The van der Waals surface area contributed by atoms with E-state index in [2.05, 4.69) is 0 Å². The number of hydrogen-bond donors (Lipinski definition) is 2. The Morgan fingerprint density at radius 2 is 1.31 bits per heavy atom. The summed E-state index contributed by atoms with van der Waals surface area (Å²) >= 11 is 1.63. The van der Waals surface area contributed by atoms with Crippen molar-refractivity contribution in [1.82, 2.24) is 0 Å². The van der Waals surface area contributed by atoms with Crippen LogP contribution in [0.2, 0.25) is 0 Å². The van der Waals surface area contributed by atoms with E-state index in [1.165, 1.54) is 19.1 Å². The zero-order valence-corrected chi connectivity index (χ0v) is 16.1. The second kappa shape index (κ2) is 12.6. The molecule has 0 aromatic heterocycles. The van der Waals surface area contributed by atoms with Crippen molar-refractivity contribution in [2.75, 3.05) is 6.26 Å². The van der Waals surface area contributed by atoms with Crippen molar-refractivity contribution in [3.63, 3.8) is 0 Å². The molecule has 6 heteroatoms. The van der Waals surface area contributed by atoms with Crippen molar-refractivity contribution >= 4 is 35.0 Å². The van der Waals surface area contributed by atoms with Crippen LogP contribution in [0.4, 0.5) is 0 Å². The van der Waals surface area contributed by atoms with Crippen LogP contribution in [0.3, 0.4) is 0 Å². The normalized spacial score (nSPS) is 8.92. The first-order valence-corrected chi connectivity index (χ1v) is 9.16. The molecule has 0 unspecified atom stereocenters. The van der Waals surface area contributed by atoms with Crippen LogP contribution >= 0.6 is 11.8 Å². The molecule has 0 amide bonds. The molecule has 2 rings (SSSR count). The summed E-state index contributed by atoms with van der Waals surface area (Å²) in [5, 5.41) is 15.5. The molecule has 0 saturated heterocycles. The number of nitrogens with one attached hydrogen (secondary N) is 1. The number of ketones is 2. The molecule has 2 aromatic carbocycles. The minimum absolute atomic E-state index is 0.0805. The molecule has 0 radical (unpaired) electrons. The number of aliphatic carboxylic acids is 1. The Hall–Kier alpha value is -2.73. The van der Waals surface area contributed by atoms with Gasteiger partial charge in [-0.15, -0.1) is 11.8 Å². The molecule has 0 aliphatic heterocycles. The van der Waals surface area contributed by atoms with E-state index < -0.39 is 11.8 Å². The molecule has 2 N–H and O–H groups in total. The number of thioether (sulfide) groups is 1. The summed E-state index contributed by atoms with van der Waals surface area (Å²) < 4.78 is 0. The molecule has 0 spiro atoms. The lowest BCUT2D eigenvalue weighted by atomic mass is 10.1. The van der Waals surface area contributed by atoms with Crippen molar-refractivity contribution in [2.45, 2.75) is 25.7 Å². The number of rotatable bonds is 5. The van der Waals surface area contributed by atoms with Gasteiger partial charge in [-0.3, -0.25) is 9.59 Å². The molecule has 0 heterocycles. The highest BCUT2D eigenvalue weighted by atomic mass is 32.2. The first kappa shape index (κ1) is 23.3. The maximum absolute atomic E-state index is 11.3. The van der Waals surface area contributed by atoms with Gasteiger partial charge in [0.05, 0.1) is 5.71 Å². The molecule has 2 aromatic rings. The SMILES string of the molecule is CC.CSc1ccc(C(=O)C(C)=N)cc1.O=C(O)C(=O)c1ccccc1. The Balaban J connectivity index is 0.000000444. The molecule has 0 bridgehead atoms.